The SMILES string of the molecule is COC1C=CC=CC=C1c1ccccc1. The van der Waals surface area contributed by atoms with Crippen LogP contribution in [0.3, 0.4) is 0 Å². The molecule has 0 N–H and O–H groups in total. The van der Waals surface area contributed by atoms with Crippen LogP contribution in [-0.2, 0) is 4.74 Å². The van der Waals surface area contributed by atoms with Crippen molar-refractivity contribution >= 4 is 5.57 Å². The summed E-state index contributed by atoms with van der Waals surface area (Å²) in [6.07, 6.45) is 10.3. The predicted octanol–water partition coefficient (Wildman–Crippen LogP) is 3.21. The number of hydrogen-bond donors (Lipinski definition) is 0. The maximum absolute atomic E-state index is 5.44. The molecular weight excluding hydrogens is 184 g/mol. The third-order valence-electron chi connectivity index (χ3n) is 2.45. The van der Waals surface area contributed by atoms with Crippen LogP contribution in [0.5, 0.6) is 0 Å². The summed E-state index contributed by atoms with van der Waals surface area (Å²) in [4.78, 5) is 0. The van der Waals surface area contributed by atoms with Crippen molar-refractivity contribution in [3.05, 3.63) is 66.3 Å². The van der Waals surface area contributed by atoms with E-state index in [4.69, 9.17) is 4.74 Å². The second-order valence-electron chi connectivity index (χ2n) is 3.41. The van der Waals surface area contributed by atoms with E-state index in [1.54, 1.807) is 7.11 Å². The lowest BCUT2D eigenvalue weighted by Crippen LogP contribution is -2.09. The molecule has 76 valence electrons. The highest BCUT2D eigenvalue weighted by Gasteiger charge is 2.11. The molecule has 0 saturated carbocycles. The zero-order valence-corrected chi connectivity index (χ0v) is 8.76. The quantitative estimate of drug-likeness (QED) is 0.709. The van der Waals surface area contributed by atoms with E-state index in [2.05, 4.69) is 24.3 Å². The Morgan fingerprint density at radius 3 is 2.53 bits per heavy atom. The summed E-state index contributed by atoms with van der Waals surface area (Å²) in [6.45, 7) is 0. The van der Waals surface area contributed by atoms with E-state index in [0.717, 1.165) is 0 Å². The average molecular weight is 198 g/mol. The second kappa shape index (κ2) is 4.76. The van der Waals surface area contributed by atoms with Gasteiger partial charge in [-0.2, -0.15) is 0 Å². The van der Waals surface area contributed by atoms with Crippen molar-refractivity contribution in [3.63, 3.8) is 0 Å². The summed E-state index contributed by atoms with van der Waals surface area (Å²) in [7, 11) is 1.73. The molecule has 1 aromatic rings. The average Bonchev–Trinajstić information content (AvgIpc) is 2.55. The largest absolute Gasteiger partial charge is 0.373 e. The lowest BCUT2D eigenvalue weighted by atomic mass is 10.0. The zero-order valence-electron chi connectivity index (χ0n) is 8.76. The monoisotopic (exact) mass is 198 g/mol. The minimum Gasteiger partial charge on any atom is -0.373 e. The Balaban J connectivity index is 2.38. The molecule has 0 spiro atoms. The molecule has 1 aromatic carbocycles. The van der Waals surface area contributed by atoms with Crippen LogP contribution in [-0.4, -0.2) is 13.2 Å². The highest BCUT2D eigenvalue weighted by molar-refractivity contribution is 5.72. The first-order valence-corrected chi connectivity index (χ1v) is 5.05. The van der Waals surface area contributed by atoms with E-state index in [-0.39, 0.29) is 6.10 Å². The highest BCUT2D eigenvalue weighted by Crippen LogP contribution is 2.22. The van der Waals surface area contributed by atoms with E-state index in [9.17, 15) is 0 Å². The van der Waals surface area contributed by atoms with Crippen molar-refractivity contribution in [2.45, 2.75) is 6.10 Å². The fourth-order valence-electron chi connectivity index (χ4n) is 1.68. The molecule has 1 aliphatic rings. The van der Waals surface area contributed by atoms with E-state index in [1.807, 2.05) is 36.4 Å². The van der Waals surface area contributed by atoms with Crippen LogP contribution in [0.1, 0.15) is 5.56 Å². The number of ether oxygens (including phenoxy) is 1. The number of rotatable bonds is 2. The minimum absolute atomic E-state index is 0.0439. The van der Waals surface area contributed by atoms with Crippen LogP contribution in [0.2, 0.25) is 0 Å². The number of allylic oxidation sites excluding steroid dienone is 4. The molecule has 1 aliphatic carbocycles. The van der Waals surface area contributed by atoms with Crippen molar-refractivity contribution in [1.82, 2.24) is 0 Å². The highest BCUT2D eigenvalue weighted by atomic mass is 16.5. The lowest BCUT2D eigenvalue weighted by Gasteiger charge is -2.14. The molecule has 0 heterocycles. The van der Waals surface area contributed by atoms with Gasteiger partial charge in [-0.25, -0.2) is 0 Å². The summed E-state index contributed by atoms with van der Waals surface area (Å²) in [6, 6.07) is 10.3. The van der Waals surface area contributed by atoms with Crippen LogP contribution < -0.4 is 0 Å². The van der Waals surface area contributed by atoms with E-state index >= 15 is 0 Å². The van der Waals surface area contributed by atoms with Gasteiger partial charge in [-0.15, -0.1) is 0 Å². The van der Waals surface area contributed by atoms with Gasteiger partial charge in [0, 0.05) is 7.11 Å². The Kier molecular flexibility index (Phi) is 3.15. The first kappa shape index (κ1) is 9.94. The van der Waals surface area contributed by atoms with Crippen LogP contribution in [0.15, 0.2) is 60.7 Å². The normalized spacial score (nSPS) is 19.8. The van der Waals surface area contributed by atoms with Crippen molar-refractivity contribution < 1.29 is 4.74 Å². The molecular formula is C14H14O. The number of methoxy groups -OCH3 is 1. The fraction of sp³-hybridized carbons (Fsp3) is 0.143. The maximum Gasteiger partial charge on any atom is 0.101 e. The summed E-state index contributed by atoms with van der Waals surface area (Å²) < 4.78 is 5.44. The van der Waals surface area contributed by atoms with Gasteiger partial charge >= 0.3 is 0 Å². The van der Waals surface area contributed by atoms with Gasteiger partial charge in [0.2, 0.25) is 0 Å². The van der Waals surface area contributed by atoms with E-state index < -0.39 is 0 Å². The third kappa shape index (κ3) is 2.25. The minimum atomic E-state index is 0.0439. The fourth-order valence-corrected chi connectivity index (χ4v) is 1.68. The van der Waals surface area contributed by atoms with E-state index in [1.165, 1.54) is 11.1 Å². The van der Waals surface area contributed by atoms with Gasteiger partial charge in [0.1, 0.15) is 6.10 Å². The first-order chi connectivity index (χ1) is 7.42. The van der Waals surface area contributed by atoms with Gasteiger partial charge in [0.25, 0.3) is 0 Å². The van der Waals surface area contributed by atoms with Crippen molar-refractivity contribution in [2.75, 3.05) is 7.11 Å². The summed E-state index contributed by atoms with van der Waals surface area (Å²) >= 11 is 0. The Morgan fingerprint density at radius 2 is 1.80 bits per heavy atom. The summed E-state index contributed by atoms with van der Waals surface area (Å²) in [5.41, 5.74) is 2.41. The van der Waals surface area contributed by atoms with Gasteiger partial charge in [0.15, 0.2) is 0 Å². The topological polar surface area (TPSA) is 9.23 Å². The molecule has 0 bridgehead atoms. The number of benzene rings is 1. The molecule has 0 saturated heterocycles. The standard InChI is InChI=1S/C14H14O/c1-15-14-11-7-3-6-10-13(14)12-8-4-2-5-9-12/h2-11,14H,1H3. The lowest BCUT2D eigenvalue weighted by molar-refractivity contribution is 0.185. The molecule has 15 heavy (non-hydrogen) atoms. The van der Waals surface area contributed by atoms with Crippen molar-refractivity contribution in [2.24, 2.45) is 0 Å². The van der Waals surface area contributed by atoms with Gasteiger partial charge in [-0.3, -0.25) is 0 Å². The van der Waals surface area contributed by atoms with Gasteiger partial charge in [0.05, 0.1) is 0 Å². The molecule has 0 aromatic heterocycles. The Labute approximate surface area is 90.4 Å². The second-order valence-corrected chi connectivity index (χ2v) is 3.41. The van der Waals surface area contributed by atoms with Crippen molar-refractivity contribution in [3.8, 4) is 0 Å². The van der Waals surface area contributed by atoms with Gasteiger partial charge in [-0.1, -0.05) is 60.7 Å². The predicted molar refractivity (Wildman–Crippen MR) is 63.5 cm³/mol. The van der Waals surface area contributed by atoms with E-state index in [0.29, 0.717) is 0 Å². The van der Waals surface area contributed by atoms with Crippen LogP contribution >= 0.6 is 0 Å². The molecule has 0 aliphatic heterocycles. The van der Waals surface area contributed by atoms with Crippen molar-refractivity contribution in [1.29, 1.82) is 0 Å². The molecule has 1 atom stereocenters. The summed E-state index contributed by atoms with van der Waals surface area (Å²) in [5.74, 6) is 0. The zero-order chi connectivity index (χ0) is 10.5. The number of hydrogen-bond acceptors (Lipinski definition) is 1. The molecule has 1 nitrogen and oxygen atoms in total. The van der Waals surface area contributed by atoms with Crippen LogP contribution in [0.25, 0.3) is 5.57 Å². The molecule has 0 fully saturated rings. The summed E-state index contributed by atoms with van der Waals surface area (Å²) in [5, 5.41) is 0. The molecule has 0 radical (unpaired) electrons. The Morgan fingerprint density at radius 1 is 1.00 bits per heavy atom. The first-order valence-electron chi connectivity index (χ1n) is 5.05. The molecule has 1 heteroatoms. The van der Waals surface area contributed by atoms with Gasteiger partial charge in [-0.05, 0) is 11.1 Å². The maximum atomic E-state index is 5.44. The molecule has 0 amide bonds. The molecule has 1 unspecified atom stereocenters. The van der Waals surface area contributed by atoms with Crippen LogP contribution in [0.4, 0.5) is 0 Å². The van der Waals surface area contributed by atoms with Crippen LogP contribution in [0, 0.1) is 0 Å². The molecule has 2 rings (SSSR count). The third-order valence-corrected chi connectivity index (χ3v) is 2.45. The van der Waals surface area contributed by atoms with Gasteiger partial charge < -0.3 is 4.74 Å². The smallest absolute Gasteiger partial charge is 0.101 e. The Bertz CT molecular complexity index is 399. The Hall–Kier alpha value is -1.60.